The Bertz CT molecular complexity index is 456. The molecule has 1 aromatic carbocycles. The van der Waals surface area contributed by atoms with E-state index in [0.29, 0.717) is 0 Å². The van der Waals surface area contributed by atoms with Crippen LogP contribution in [0, 0.1) is 0 Å². The van der Waals surface area contributed by atoms with Gasteiger partial charge in [-0.25, -0.2) is 0 Å². The Morgan fingerprint density at radius 3 is 2.36 bits per heavy atom. The van der Waals surface area contributed by atoms with Gasteiger partial charge in [-0.05, 0) is 5.56 Å². The van der Waals surface area contributed by atoms with E-state index in [1.54, 1.807) is 12.0 Å². The number of methoxy groups -OCH3 is 1. The van der Waals surface area contributed by atoms with Gasteiger partial charge in [0.2, 0.25) is 5.91 Å². The van der Waals surface area contributed by atoms with Gasteiger partial charge < -0.3 is 9.64 Å². The van der Waals surface area contributed by atoms with E-state index >= 15 is 0 Å². The normalized spacial score (nSPS) is 18.1. The molecular weight excluding hydrogens is 278 g/mol. The number of amides is 1. The lowest BCUT2D eigenvalue weighted by molar-refractivity contribution is -0.135. The highest BCUT2D eigenvalue weighted by Crippen LogP contribution is 2.23. The van der Waals surface area contributed by atoms with Crippen molar-refractivity contribution in [2.75, 3.05) is 60.5 Å². The maximum absolute atomic E-state index is 12.6. The second-order valence-electron chi connectivity index (χ2n) is 5.92. The molecule has 1 heterocycles. The van der Waals surface area contributed by atoms with E-state index in [9.17, 15) is 4.79 Å². The van der Waals surface area contributed by atoms with Crippen LogP contribution in [0.25, 0.3) is 0 Å². The zero-order chi connectivity index (χ0) is 15.9. The van der Waals surface area contributed by atoms with E-state index in [0.717, 1.165) is 44.9 Å². The van der Waals surface area contributed by atoms with Crippen LogP contribution in [-0.2, 0) is 9.53 Å². The summed E-state index contributed by atoms with van der Waals surface area (Å²) in [4.78, 5) is 19.0. The first-order chi connectivity index (χ1) is 10.6. The van der Waals surface area contributed by atoms with Crippen molar-refractivity contribution in [2.24, 2.45) is 0 Å². The van der Waals surface area contributed by atoms with Gasteiger partial charge in [-0.2, -0.15) is 0 Å². The van der Waals surface area contributed by atoms with Gasteiger partial charge in [0.1, 0.15) is 6.04 Å². The summed E-state index contributed by atoms with van der Waals surface area (Å²) in [5.74, 6) is 0.150. The highest BCUT2D eigenvalue weighted by Gasteiger charge is 2.31. The van der Waals surface area contributed by atoms with Crippen LogP contribution in [-0.4, -0.2) is 81.1 Å². The zero-order valence-electron chi connectivity index (χ0n) is 13.9. The number of hydrogen-bond acceptors (Lipinski definition) is 4. The first-order valence-electron chi connectivity index (χ1n) is 7.85. The van der Waals surface area contributed by atoms with Crippen LogP contribution in [0.4, 0.5) is 0 Å². The van der Waals surface area contributed by atoms with E-state index in [4.69, 9.17) is 4.74 Å². The molecule has 5 nitrogen and oxygen atoms in total. The number of hydrogen-bond donors (Lipinski definition) is 0. The standard InChI is InChI=1S/C17H27N3O2/c1-18(2)17(21)16(15-7-5-4-6-8-15)20-11-9-19(10-12-20)13-14-22-3/h4-8,16H,9-14H2,1-3H3/t16-/m1/s1. The lowest BCUT2D eigenvalue weighted by Gasteiger charge is -2.39. The fourth-order valence-corrected chi connectivity index (χ4v) is 2.86. The first-order valence-corrected chi connectivity index (χ1v) is 7.85. The highest BCUT2D eigenvalue weighted by molar-refractivity contribution is 5.82. The number of rotatable bonds is 6. The molecule has 1 aliphatic rings. The van der Waals surface area contributed by atoms with E-state index in [1.807, 2.05) is 44.4 Å². The number of carbonyl (C=O) groups excluding carboxylic acids is 1. The largest absolute Gasteiger partial charge is 0.383 e. The average Bonchev–Trinajstić information content (AvgIpc) is 2.55. The van der Waals surface area contributed by atoms with Crippen molar-refractivity contribution in [1.29, 1.82) is 0 Å². The summed E-state index contributed by atoms with van der Waals surface area (Å²) in [7, 11) is 5.39. The number of benzene rings is 1. The third kappa shape index (κ3) is 4.29. The van der Waals surface area contributed by atoms with Gasteiger partial charge in [-0.3, -0.25) is 14.6 Å². The van der Waals surface area contributed by atoms with Crippen molar-refractivity contribution >= 4 is 5.91 Å². The van der Waals surface area contributed by atoms with Gasteiger partial charge >= 0.3 is 0 Å². The predicted octanol–water partition coefficient (Wildman–Crippen LogP) is 1.08. The maximum atomic E-state index is 12.6. The fourth-order valence-electron chi connectivity index (χ4n) is 2.86. The van der Waals surface area contributed by atoms with Crippen molar-refractivity contribution < 1.29 is 9.53 Å². The lowest BCUT2D eigenvalue weighted by atomic mass is 10.0. The molecule has 1 aromatic rings. The quantitative estimate of drug-likeness (QED) is 0.788. The van der Waals surface area contributed by atoms with E-state index in [1.165, 1.54) is 0 Å². The molecule has 1 aliphatic heterocycles. The van der Waals surface area contributed by atoms with Crippen molar-refractivity contribution in [1.82, 2.24) is 14.7 Å². The van der Waals surface area contributed by atoms with Crippen molar-refractivity contribution in [2.45, 2.75) is 6.04 Å². The number of nitrogens with zero attached hydrogens (tertiary/aromatic N) is 3. The molecule has 0 unspecified atom stereocenters. The van der Waals surface area contributed by atoms with Crippen LogP contribution in [0.2, 0.25) is 0 Å². The number of piperazine rings is 1. The number of carbonyl (C=O) groups is 1. The van der Waals surface area contributed by atoms with Crippen LogP contribution in [0.15, 0.2) is 30.3 Å². The second kappa shape index (κ2) is 8.27. The monoisotopic (exact) mass is 305 g/mol. The van der Waals surface area contributed by atoms with Gasteiger partial charge in [0.25, 0.3) is 0 Å². The van der Waals surface area contributed by atoms with Crippen LogP contribution in [0.3, 0.4) is 0 Å². The molecule has 1 atom stereocenters. The Hall–Kier alpha value is -1.43. The van der Waals surface area contributed by atoms with E-state index in [2.05, 4.69) is 9.80 Å². The minimum atomic E-state index is -0.180. The summed E-state index contributed by atoms with van der Waals surface area (Å²) in [6, 6.07) is 9.90. The summed E-state index contributed by atoms with van der Waals surface area (Å²) in [5, 5.41) is 0. The molecule has 0 aliphatic carbocycles. The maximum Gasteiger partial charge on any atom is 0.244 e. The van der Waals surface area contributed by atoms with E-state index < -0.39 is 0 Å². The summed E-state index contributed by atoms with van der Waals surface area (Å²) < 4.78 is 5.14. The smallest absolute Gasteiger partial charge is 0.244 e. The van der Waals surface area contributed by atoms with Gasteiger partial charge in [-0.1, -0.05) is 30.3 Å². The van der Waals surface area contributed by atoms with Crippen LogP contribution >= 0.6 is 0 Å². The summed E-state index contributed by atoms with van der Waals surface area (Å²) in [5.41, 5.74) is 1.08. The molecule has 22 heavy (non-hydrogen) atoms. The van der Waals surface area contributed by atoms with Crippen molar-refractivity contribution in [3.8, 4) is 0 Å². The third-order valence-corrected chi connectivity index (χ3v) is 4.17. The average molecular weight is 305 g/mol. The molecule has 0 radical (unpaired) electrons. The molecule has 1 fully saturated rings. The Kier molecular flexibility index (Phi) is 6.36. The van der Waals surface area contributed by atoms with Gasteiger partial charge in [0, 0.05) is 53.9 Å². The zero-order valence-corrected chi connectivity index (χ0v) is 13.9. The Labute approximate surface area is 133 Å². The van der Waals surface area contributed by atoms with Crippen LogP contribution in [0.5, 0.6) is 0 Å². The van der Waals surface area contributed by atoms with Crippen molar-refractivity contribution in [3.05, 3.63) is 35.9 Å². The molecular formula is C17H27N3O2. The minimum absolute atomic E-state index is 0.150. The molecule has 0 aromatic heterocycles. The molecule has 2 rings (SSSR count). The van der Waals surface area contributed by atoms with Gasteiger partial charge in [-0.15, -0.1) is 0 Å². The second-order valence-corrected chi connectivity index (χ2v) is 5.92. The number of likely N-dealkylation sites (N-methyl/N-ethyl adjacent to an activating group) is 1. The molecule has 1 amide bonds. The van der Waals surface area contributed by atoms with Crippen LogP contribution < -0.4 is 0 Å². The van der Waals surface area contributed by atoms with Crippen molar-refractivity contribution in [3.63, 3.8) is 0 Å². The summed E-state index contributed by atoms with van der Waals surface area (Å²) in [6.45, 7) is 5.49. The van der Waals surface area contributed by atoms with E-state index in [-0.39, 0.29) is 11.9 Å². The summed E-state index contributed by atoms with van der Waals surface area (Å²) >= 11 is 0. The number of ether oxygens (including phenoxy) is 1. The summed E-state index contributed by atoms with van der Waals surface area (Å²) in [6.07, 6.45) is 0. The highest BCUT2D eigenvalue weighted by atomic mass is 16.5. The minimum Gasteiger partial charge on any atom is -0.383 e. The Morgan fingerprint density at radius 1 is 1.18 bits per heavy atom. The Balaban J connectivity index is 2.06. The van der Waals surface area contributed by atoms with Gasteiger partial charge in [0.15, 0.2) is 0 Å². The lowest BCUT2D eigenvalue weighted by Crippen LogP contribution is -2.51. The molecule has 0 spiro atoms. The SMILES string of the molecule is COCCN1CCN([C@@H](C(=O)N(C)C)c2ccccc2)CC1. The topological polar surface area (TPSA) is 36.0 Å². The fraction of sp³-hybridized carbons (Fsp3) is 0.588. The first kappa shape index (κ1) is 16.9. The predicted molar refractivity (Wildman–Crippen MR) is 87.8 cm³/mol. The third-order valence-electron chi connectivity index (χ3n) is 4.17. The molecule has 0 saturated carbocycles. The Morgan fingerprint density at radius 2 is 1.82 bits per heavy atom. The van der Waals surface area contributed by atoms with Gasteiger partial charge in [0.05, 0.1) is 6.61 Å². The molecule has 5 heteroatoms. The molecule has 1 saturated heterocycles. The van der Waals surface area contributed by atoms with Crippen LogP contribution in [0.1, 0.15) is 11.6 Å². The molecule has 0 bridgehead atoms. The molecule has 122 valence electrons. The molecule has 0 N–H and O–H groups in total.